The molecule has 1 amide bonds. The minimum atomic E-state index is -0.833. The van der Waals surface area contributed by atoms with Crippen molar-refractivity contribution in [1.82, 2.24) is 30.4 Å². The summed E-state index contributed by atoms with van der Waals surface area (Å²) in [6.07, 6.45) is 1.50. The number of fused-ring (bicyclic) bond motifs is 4. The summed E-state index contributed by atoms with van der Waals surface area (Å²) in [4.78, 5) is 38.5. The summed E-state index contributed by atoms with van der Waals surface area (Å²) in [7, 11) is 0. The lowest BCUT2D eigenvalue weighted by Gasteiger charge is -2.42. The number of amides is 1. The largest absolute Gasteiger partial charge is 0.481 e. The van der Waals surface area contributed by atoms with Gasteiger partial charge in [-0.25, -0.2) is 4.98 Å². The van der Waals surface area contributed by atoms with Crippen molar-refractivity contribution in [2.24, 2.45) is 5.92 Å². The lowest BCUT2D eigenvalue weighted by Crippen LogP contribution is -2.52. The molecule has 0 saturated carbocycles. The Hall–Kier alpha value is -3.01. The first-order chi connectivity index (χ1) is 13.9. The number of aromatic nitrogens is 4. The van der Waals surface area contributed by atoms with E-state index < -0.39 is 12.0 Å². The molecular formula is C19H26N6O4. The number of aromatic amines is 1. The number of H-pyrrole nitrogens is 1. The smallest absolute Gasteiger partial charge is 0.300 e. The molecule has 1 saturated heterocycles. The van der Waals surface area contributed by atoms with Crippen molar-refractivity contribution in [3.05, 3.63) is 45.9 Å². The van der Waals surface area contributed by atoms with Gasteiger partial charge in [0.05, 0.1) is 0 Å². The fraction of sp³-hybridized carbons (Fsp3) is 0.526. The van der Waals surface area contributed by atoms with Gasteiger partial charge in [-0.1, -0.05) is 6.07 Å². The summed E-state index contributed by atoms with van der Waals surface area (Å²) in [6.45, 7) is 4.99. The number of nitrogens with one attached hydrogen (secondary N) is 3. The van der Waals surface area contributed by atoms with E-state index in [4.69, 9.17) is 9.90 Å². The molecule has 2 aliphatic rings. The molecule has 156 valence electrons. The number of carboxylic acid groups (broad SMARTS) is 1. The number of carboxylic acids is 1. The van der Waals surface area contributed by atoms with E-state index in [1.807, 2.05) is 13.0 Å². The van der Waals surface area contributed by atoms with Gasteiger partial charge < -0.3 is 15.7 Å². The standard InChI is InChI=1S/C17H22N6O2.C2H4O2/c1-10-20-14(22-21-10)5-6-19-17(25)16-12-7-11(8-18-9-12)13-3-2-4-15(24)23(13)16;1-2(3)4/h2-4,11-12,16,18H,5-9H2,1H3,(H,19,25)(H,20,21,22);1H3,(H,3,4)/t11-,12+,16-;/m1./s1. The third-order valence-corrected chi connectivity index (χ3v) is 5.11. The van der Waals surface area contributed by atoms with Gasteiger partial charge in [-0.05, 0) is 19.4 Å². The van der Waals surface area contributed by atoms with E-state index in [2.05, 4.69) is 25.8 Å². The van der Waals surface area contributed by atoms with E-state index in [0.29, 0.717) is 24.7 Å². The summed E-state index contributed by atoms with van der Waals surface area (Å²) in [5.41, 5.74) is 0.861. The molecule has 4 heterocycles. The van der Waals surface area contributed by atoms with Crippen LogP contribution in [0.2, 0.25) is 0 Å². The SMILES string of the molecule is CC(=O)O.Cc1nc(CCNC(=O)[C@H]2[C@@H]3CNC[C@@H](C3)c3cccc(=O)n32)n[nH]1. The number of piperidine rings is 1. The molecule has 0 aliphatic carbocycles. The van der Waals surface area contributed by atoms with E-state index in [1.165, 1.54) is 6.07 Å². The highest BCUT2D eigenvalue weighted by molar-refractivity contribution is 5.81. The fourth-order valence-electron chi connectivity index (χ4n) is 4.03. The second-order valence-electron chi connectivity index (χ2n) is 7.35. The number of aliphatic carboxylic acids is 1. The molecule has 29 heavy (non-hydrogen) atoms. The number of rotatable bonds is 4. The van der Waals surface area contributed by atoms with Crippen LogP contribution in [0.15, 0.2) is 23.0 Å². The Morgan fingerprint density at radius 1 is 1.34 bits per heavy atom. The van der Waals surface area contributed by atoms with E-state index in [1.54, 1.807) is 10.6 Å². The Morgan fingerprint density at radius 3 is 2.79 bits per heavy atom. The molecular weight excluding hydrogens is 376 g/mol. The van der Waals surface area contributed by atoms with Crippen molar-refractivity contribution in [2.75, 3.05) is 19.6 Å². The van der Waals surface area contributed by atoms with Gasteiger partial charge in [-0.3, -0.25) is 24.0 Å². The molecule has 0 spiro atoms. The van der Waals surface area contributed by atoms with E-state index in [9.17, 15) is 9.59 Å². The normalized spacial score (nSPS) is 22.1. The number of nitrogens with zero attached hydrogens (tertiary/aromatic N) is 3. The Balaban J connectivity index is 0.000000552. The van der Waals surface area contributed by atoms with Gasteiger partial charge in [-0.15, -0.1) is 0 Å². The van der Waals surface area contributed by atoms with Crippen LogP contribution in [0.1, 0.15) is 42.6 Å². The zero-order valence-electron chi connectivity index (χ0n) is 16.5. The highest BCUT2D eigenvalue weighted by atomic mass is 16.4. The molecule has 2 bridgehead atoms. The average molecular weight is 402 g/mol. The molecule has 2 aromatic heterocycles. The lowest BCUT2D eigenvalue weighted by atomic mass is 9.79. The predicted molar refractivity (Wildman–Crippen MR) is 105 cm³/mol. The quantitative estimate of drug-likeness (QED) is 0.563. The van der Waals surface area contributed by atoms with Crippen LogP contribution in [0.4, 0.5) is 0 Å². The van der Waals surface area contributed by atoms with Gasteiger partial charge in [0.2, 0.25) is 5.91 Å². The Kier molecular flexibility index (Phi) is 6.42. The highest BCUT2D eigenvalue weighted by Crippen LogP contribution is 2.38. The van der Waals surface area contributed by atoms with Crippen LogP contribution in [0.5, 0.6) is 0 Å². The fourth-order valence-corrected chi connectivity index (χ4v) is 4.03. The maximum absolute atomic E-state index is 12.9. The third kappa shape index (κ3) is 4.89. The van der Waals surface area contributed by atoms with Crippen molar-refractivity contribution in [3.63, 3.8) is 0 Å². The van der Waals surface area contributed by atoms with Crippen LogP contribution < -0.4 is 16.2 Å². The van der Waals surface area contributed by atoms with E-state index >= 15 is 0 Å². The topological polar surface area (TPSA) is 142 Å². The van der Waals surface area contributed by atoms with Crippen LogP contribution >= 0.6 is 0 Å². The van der Waals surface area contributed by atoms with Gasteiger partial charge in [0.25, 0.3) is 11.5 Å². The summed E-state index contributed by atoms with van der Waals surface area (Å²) < 4.78 is 1.70. The molecule has 2 aromatic rings. The molecule has 10 nitrogen and oxygen atoms in total. The number of hydrogen-bond donors (Lipinski definition) is 4. The first kappa shape index (κ1) is 20.7. The summed E-state index contributed by atoms with van der Waals surface area (Å²) in [5, 5.41) is 20.6. The van der Waals surface area contributed by atoms with Crippen molar-refractivity contribution in [1.29, 1.82) is 0 Å². The molecule has 2 aliphatic heterocycles. The van der Waals surface area contributed by atoms with Crippen molar-refractivity contribution in [2.45, 2.75) is 38.6 Å². The van der Waals surface area contributed by atoms with Crippen molar-refractivity contribution in [3.8, 4) is 0 Å². The molecule has 0 unspecified atom stereocenters. The first-order valence-electron chi connectivity index (χ1n) is 9.64. The average Bonchev–Trinajstić information content (AvgIpc) is 3.08. The maximum atomic E-state index is 12.9. The maximum Gasteiger partial charge on any atom is 0.300 e. The minimum Gasteiger partial charge on any atom is -0.481 e. The second-order valence-corrected chi connectivity index (χ2v) is 7.35. The van der Waals surface area contributed by atoms with Gasteiger partial charge >= 0.3 is 0 Å². The Labute approximate surface area is 167 Å². The van der Waals surface area contributed by atoms with Crippen LogP contribution in [-0.2, 0) is 16.0 Å². The van der Waals surface area contributed by atoms with Crippen molar-refractivity contribution < 1.29 is 14.7 Å². The van der Waals surface area contributed by atoms with Crippen LogP contribution in [-0.4, -0.2) is 56.4 Å². The molecule has 10 heteroatoms. The van der Waals surface area contributed by atoms with Crippen LogP contribution in [0, 0.1) is 12.8 Å². The number of pyridine rings is 1. The summed E-state index contributed by atoms with van der Waals surface area (Å²) in [6, 6.07) is 4.83. The van der Waals surface area contributed by atoms with Gasteiger partial charge in [0.1, 0.15) is 11.9 Å². The second kappa shape index (κ2) is 8.99. The molecule has 1 fully saturated rings. The van der Waals surface area contributed by atoms with Gasteiger partial charge in [0.15, 0.2) is 5.82 Å². The predicted octanol–water partition coefficient (Wildman–Crippen LogP) is -0.0276. The van der Waals surface area contributed by atoms with Gasteiger partial charge in [0, 0.05) is 56.6 Å². The van der Waals surface area contributed by atoms with Crippen molar-refractivity contribution >= 4 is 11.9 Å². The van der Waals surface area contributed by atoms with E-state index in [-0.39, 0.29) is 17.4 Å². The van der Waals surface area contributed by atoms with Gasteiger partial charge in [-0.2, -0.15) is 5.10 Å². The minimum absolute atomic E-state index is 0.0983. The summed E-state index contributed by atoms with van der Waals surface area (Å²) in [5.74, 6) is 0.936. The number of hydrogen-bond acceptors (Lipinski definition) is 6. The number of aryl methyl sites for hydroxylation is 1. The molecule has 4 rings (SSSR count). The first-order valence-corrected chi connectivity index (χ1v) is 9.64. The molecule has 4 N–H and O–H groups in total. The third-order valence-electron chi connectivity index (χ3n) is 5.11. The Bertz CT molecular complexity index is 933. The zero-order valence-corrected chi connectivity index (χ0v) is 16.5. The number of carbonyl (C=O) groups is 2. The molecule has 0 aromatic carbocycles. The monoisotopic (exact) mass is 402 g/mol. The molecule has 0 radical (unpaired) electrons. The lowest BCUT2D eigenvalue weighted by molar-refractivity contribution is -0.134. The highest BCUT2D eigenvalue weighted by Gasteiger charge is 2.41. The number of carbonyl (C=O) groups excluding carboxylic acids is 1. The van der Waals surface area contributed by atoms with Crippen LogP contribution in [0.25, 0.3) is 0 Å². The zero-order chi connectivity index (χ0) is 21.0. The summed E-state index contributed by atoms with van der Waals surface area (Å²) >= 11 is 0. The van der Waals surface area contributed by atoms with E-state index in [0.717, 1.165) is 38.0 Å². The Morgan fingerprint density at radius 2 is 2.10 bits per heavy atom. The van der Waals surface area contributed by atoms with Crippen LogP contribution in [0.3, 0.4) is 0 Å². The molecule has 3 atom stereocenters.